The molecule has 53 heavy (non-hydrogen) atoms. The van der Waals surface area contributed by atoms with E-state index in [1.165, 1.54) is 167 Å². The fraction of sp³-hybridized carbons (Fsp3) is 0.957. The van der Waals surface area contributed by atoms with E-state index in [2.05, 4.69) is 45.2 Å². The van der Waals surface area contributed by atoms with E-state index in [0.29, 0.717) is 19.4 Å². The SMILES string of the molecule is CCCCCCCCCCCCCCCCN(CCCCCCCCCCCCCCCC)C(=O)[C@H](CCCCN)NC(=O)CCCCC[N+](C)(C)C. The Morgan fingerprint density at radius 1 is 0.491 bits per heavy atom. The number of hydrogen-bond donors (Lipinski definition) is 2. The first-order valence-electron chi connectivity index (χ1n) is 23.8. The number of carbonyl (C=O) groups excluding carboxylic acids is 2. The smallest absolute Gasteiger partial charge is 0.245 e. The van der Waals surface area contributed by atoms with Gasteiger partial charge in [-0.15, -0.1) is 0 Å². The van der Waals surface area contributed by atoms with E-state index in [1.807, 2.05) is 0 Å². The first-order valence-corrected chi connectivity index (χ1v) is 23.8. The number of nitrogens with one attached hydrogen (secondary N) is 1. The zero-order valence-corrected chi connectivity index (χ0v) is 36.9. The van der Waals surface area contributed by atoms with Crippen LogP contribution in [-0.4, -0.2) is 74.6 Å². The van der Waals surface area contributed by atoms with E-state index in [0.717, 1.165) is 69.1 Å². The van der Waals surface area contributed by atoms with Crippen LogP contribution in [0.3, 0.4) is 0 Å². The standard InChI is InChI=1S/C47H96N4O2/c1-6-8-10-12-14-16-18-20-22-24-26-28-30-36-42-50(43-37-31-29-27-25-23-21-19-17-15-13-11-9-7-2)47(53)45(39-34-35-41-48)49-46(52)40-33-32-38-44-51(3,4)5/h45H,6-44,48H2,1-5H3/p+1/t45-/m0/s1. The first-order chi connectivity index (χ1) is 25.7. The zero-order valence-electron chi connectivity index (χ0n) is 36.9. The summed E-state index contributed by atoms with van der Waals surface area (Å²) in [7, 11) is 6.65. The van der Waals surface area contributed by atoms with Crippen molar-refractivity contribution < 1.29 is 14.1 Å². The van der Waals surface area contributed by atoms with Gasteiger partial charge in [0.05, 0.1) is 27.7 Å². The van der Waals surface area contributed by atoms with Crippen LogP contribution < -0.4 is 11.1 Å². The molecule has 0 fully saturated rings. The summed E-state index contributed by atoms with van der Waals surface area (Å²) >= 11 is 0. The molecule has 0 saturated heterocycles. The molecule has 0 saturated carbocycles. The molecule has 316 valence electrons. The second kappa shape index (κ2) is 39.1. The highest BCUT2D eigenvalue weighted by molar-refractivity contribution is 5.87. The molecule has 0 aromatic heterocycles. The van der Waals surface area contributed by atoms with Gasteiger partial charge >= 0.3 is 0 Å². The van der Waals surface area contributed by atoms with Crippen molar-refractivity contribution in [2.24, 2.45) is 5.73 Å². The van der Waals surface area contributed by atoms with Crippen molar-refractivity contribution in [3.63, 3.8) is 0 Å². The molecule has 0 aromatic carbocycles. The maximum Gasteiger partial charge on any atom is 0.245 e. The molecule has 6 heteroatoms. The van der Waals surface area contributed by atoms with Gasteiger partial charge < -0.3 is 20.4 Å². The third kappa shape index (κ3) is 37.6. The predicted molar refractivity (Wildman–Crippen MR) is 233 cm³/mol. The van der Waals surface area contributed by atoms with Gasteiger partial charge in [-0.05, 0) is 57.9 Å². The van der Waals surface area contributed by atoms with Crippen LogP contribution in [-0.2, 0) is 9.59 Å². The highest BCUT2D eigenvalue weighted by atomic mass is 16.2. The average Bonchev–Trinajstić information content (AvgIpc) is 3.13. The lowest BCUT2D eigenvalue weighted by Crippen LogP contribution is -2.49. The third-order valence-corrected chi connectivity index (χ3v) is 11.2. The van der Waals surface area contributed by atoms with Crippen LogP contribution in [0.4, 0.5) is 0 Å². The summed E-state index contributed by atoms with van der Waals surface area (Å²) in [5.74, 6) is 0.180. The normalized spacial score (nSPS) is 12.3. The van der Waals surface area contributed by atoms with Crippen molar-refractivity contribution in [3.05, 3.63) is 0 Å². The van der Waals surface area contributed by atoms with E-state index >= 15 is 0 Å². The van der Waals surface area contributed by atoms with Gasteiger partial charge in [-0.25, -0.2) is 0 Å². The van der Waals surface area contributed by atoms with Crippen molar-refractivity contribution in [1.82, 2.24) is 10.2 Å². The maximum atomic E-state index is 14.1. The Hall–Kier alpha value is -1.14. The molecule has 6 nitrogen and oxygen atoms in total. The third-order valence-electron chi connectivity index (χ3n) is 11.2. The summed E-state index contributed by atoms with van der Waals surface area (Å²) in [5, 5.41) is 3.19. The molecule has 0 heterocycles. The Bertz CT molecular complexity index is 751. The molecule has 0 bridgehead atoms. The van der Waals surface area contributed by atoms with E-state index < -0.39 is 6.04 Å². The maximum absolute atomic E-state index is 14.1. The van der Waals surface area contributed by atoms with Gasteiger partial charge in [0.1, 0.15) is 6.04 Å². The van der Waals surface area contributed by atoms with Gasteiger partial charge in [0.15, 0.2) is 0 Å². The second-order valence-corrected chi connectivity index (χ2v) is 17.7. The van der Waals surface area contributed by atoms with Gasteiger partial charge in [-0.1, -0.05) is 181 Å². The van der Waals surface area contributed by atoms with Crippen LogP contribution in [0.5, 0.6) is 0 Å². The van der Waals surface area contributed by atoms with Gasteiger partial charge in [-0.2, -0.15) is 0 Å². The zero-order chi connectivity index (χ0) is 39.1. The molecule has 0 rings (SSSR count). The number of unbranched alkanes of at least 4 members (excludes halogenated alkanes) is 29. The number of amides is 2. The lowest BCUT2D eigenvalue weighted by molar-refractivity contribution is -0.870. The highest BCUT2D eigenvalue weighted by Crippen LogP contribution is 2.16. The topological polar surface area (TPSA) is 75.4 Å². The average molecular weight is 750 g/mol. The number of nitrogens with two attached hydrogens (primary N) is 1. The highest BCUT2D eigenvalue weighted by Gasteiger charge is 2.25. The summed E-state index contributed by atoms with van der Waals surface area (Å²) in [6, 6.07) is -0.418. The number of nitrogens with zero attached hydrogens (tertiary/aromatic N) is 2. The molecule has 0 aliphatic heterocycles. The minimum absolute atomic E-state index is 0.0364. The van der Waals surface area contributed by atoms with Gasteiger partial charge in [-0.3, -0.25) is 9.59 Å². The fourth-order valence-electron chi connectivity index (χ4n) is 7.61. The van der Waals surface area contributed by atoms with Crippen LogP contribution in [0, 0.1) is 0 Å². The second-order valence-electron chi connectivity index (χ2n) is 17.7. The predicted octanol–water partition coefficient (Wildman–Crippen LogP) is 12.7. The Morgan fingerprint density at radius 2 is 0.849 bits per heavy atom. The van der Waals surface area contributed by atoms with E-state index in [4.69, 9.17) is 5.73 Å². The summed E-state index contributed by atoms with van der Waals surface area (Å²) in [6.45, 7) is 7.97. The first kappa shape index (κ1) is 51.9. The Balaban J connectivity index is 4.76. The summed E-state index contributed by atoms with van der Waals surface area (Å²) < 4.78 is 0.957. The Kier molecular flexibility index (Phi) is 38.3. The number of hydrogen-bond acceptors (Lipinski definition) is 3. The fourth-order valence-corrected chi connectivity index (χ4v) is 7.61. The minimum atomic E-state index is -0.418. The molecular formula is C47H97N4O2+. The van der Waals surface area contributed by atoms with E-state index in [-0.39, 0.29) is 11.8 Å². The van der Waals surface area contributed by atoms with Crippen LogP contribution in [0.2, 0.25) is 0 Å². The molecule has 0 spiro atoms. The van der Waals surface area contributed by atoms with Crippen molar-refractivity contribution >= 4 is 11.8 Å². The molecule has 3 N–H and O–H groups in total. The molecular weight excluding hydrogens is 653 g/mol. The van der Waals surface area contributed by atoms with Gasteiger partial charge in [0.2, 0.25) is 11.8 Å². The lowest BCUT2D eigenvalue weighted by Gasteiger charge is -2.28. The molecule has 0 radical (unpaired) electrons. The quantitative estimate of drug-likeness (QED) is 0.0482. The van der Waals surface area contributed by atoms with Crippen molar-refractivity contribution in [2.75, 3.05) is 47.3 Å². The summed E-state index contributed by atoms with van der Waals surface area (Å²) in [6.07, 6.45) is 43.6. The number of quaternary nitrogens is 1. The monoisotopic (exact) mass is 750 g/mol. The molecule has 0 aliphatic carbocycles. The van der Waals surface area contributed by atoms with Crippen molar-refractivity contribution in [1.29, 1.82) is 0 Å². The molecule has 0 unspecified atom stereocenters. The van der Waals surface area contributed by atoms with Crippen LogP contribution in [0.25, 0.3) is 0 Å². The van der Waals surface area contributed by atoms with E-state index in [1.54, 1.807) is 0 Å². The molecule has 0 aromatic rings. The summed E-state index contributed by atoms with van der Waals surface area (Å²) in [5.41, 5.74) is 5.83. The van der Waals surface area contributed by atoms with Crippen LogP contribution in [0.1, 0.15) is 239 Å². The molecule has 2 amide bonds. The van der Waals surface area contributed by atoms with Crippen LogP contribution in [0.15, 0.2) is 0 Å². The van der Waals surface area contributed by atoms with Gasteiger partial charge in [0.25, 0.3) is 0 Å². The minimum Gasteiger partial charge on any atom is -0.344 e. The lowest BCUT2D eigenvalue weighted by atomic mass is 10.0. The van der Waals surface area contributed by atoms with Gasteiger partial charge in [0, 0.05) is 19.5 Å². The largest absolute Gasteiger partial charge is 0.344 e. The Morgan fingerprint density at radius 3 is 1.21 bits per heavy atom. The van der Waals surface area contributed by atoms with Crippen molar-refractivity contribution in [3.8, 4) is 0 Å². The Labute approximate surface area is 332 Å². The van der Waals surface area contributed by atoms with Crippen LogP contribution >= 0.6 is 0 Å². The molecule has 0 aliphatic rings. The summed E-state index contributed by atoms with van der Waals surface area (Å²) in [4.78, 5) is 29.2. The van der Waals surface area contributed by atoms with Crippen molar-refractivity contribution in [2.45, 2.75) is 245 Å². The number of carbonyl (C=O) groups is 2. The number of rotatable bonds is 42. The van der Waals surface area contributed by atoms with E-state index in [9.17, 15) is 9.59 Å². The molecule has 1 atom stereocenters.